The molecule has 90 valence electrons. The van der Waals surface area contributed by atoms with Crippen molar-refractivity contribution in [2.24, 2.45) is 11.3 Å². The summed E-state index contributed by atoms with van der Waals surface area (Å²) >= 11 is 0. The van der Waals surface area contributed by atoms with E-state index in [1.807, 2.05) is 0 Å². The first-order valence-corrected chi connectivity index (χ1v) is 6.79. The number of ether oxygens (including phenoxy) is 1. The van der Waals surface area contributed by atoms with Crippen LogP contribution in [0.1, 0.15) is 59.8 Å². The Kier molecular flexibility index (Phi) is 2.12. The van der Waals surface area contributed by atoms with Crippen molar-refractivity contribution in [3.63, 3.8) is 0 Å². The van der Waals surface area contributed by atoms with Gasteiger partial charge in [0.25, 0.3) is 0 Å². The van der Waals surface area contributed by atoms with E-state index in [4.69, 9.17) is 4.74 Å². The molecule has 0 N–H and O–H groups in total. The molecule has 1 unspecified atom stereocenters. The van der Waals surface area contributed by atoms with Crippen LogP contribution >= 0.6 is 0 Å². The van der Waals surface area contributed by atoms with Crippen molar-refractivity contribution in [1.29, 1.82) is 0 Å². The third-order valence-electron chi connectivity index (χ3n) is 5.49. The standard InChI is InChI=1S/C15H24O/c1-10(2)11-5-7-14(3)9-13-15(4,16-13)8-6-12(11)14/h12-13H,5-9H2,1-4H3/t12-,13-,14?,15+/m0/s1. The third-order valence-corrected chi connectivity index (χ3v) is 5.49. The highest BCUT2D eigenvalue weighted by Gasteiger charge is 2.59. The average Bonchev–Trinajstić information content (AvgIpc) is 2.68. The zero-order valence-corrected chi connectivity index (χ0v) is 11.1. The lowest BCUT2D eigenvalue weighted by Crippen LogP contribution is -2.23. The van der Waals surface area contributed by atoms with E-state index in [9.17, 15) is 0 Å². The van der Waals surface area contributed by atoms with Crippen LogP contribution in [0.25, 0.3) is 0 Å². The zero-order valence-electron chi connectivity index (χ0n) is 11.1. The van der Waals surface area contributed by atoms with Gasteiger partial charge in [-0.25, -0.2) is 0 Å². The molecule has 0 bridgehead atoms. The van der Waals surface area contributed by atoms with Crippen LogP contribution in [0.5, 0.6) is 0 Å². The molecule has 1 nitrogen and oxygen atoms in total. The summed E-state index contributed by atoms with van der Waals surface area (Å²) in [4.78, 5) is 0. The highest BCUT2D eigenvalue weighted by Crippen LogP contribution is 2.60. The normalized spacial score (nSPS) is 50.6. The number of hydrogen-bond acceptors (Lipinski definition) is 1. The van der Waals surface area contributed by atoms with Gasteiger partial charge in [-0.15, -0.1) is 0 Å². The van der Waals surface area contributed by atoms with Crippen molar-refractivity contribution in [2.75, 3.05) is 0 Å². The van der Waals surface area contributed by atoms with Crippen molar-refractivity contribution < 1.29 is 4.74 Å². The first-order valence-electron chi connectivity index (χ1n) is 6.79. The van der Waals surface area contributed by atoms with E-state index < -0.39 is 0 Å². The molecule has 3 fully saturated rings. The van der Waals surface area contributed by atoms with Crippen molar-refractivity contribution >= 4 is 0 Å². The molecule has 3 aliphatic rings. The van der Waals surface area contributed by atoms with Crippen LogP contribution in [0.4, 0.5) is 0 Å². The lowest BCUT2D eigenvalue weighted by atomic mass is 9.74. The van der Waals surface area contributed by atoms with Crippen LogP contribution < -0.4 is 0 Å². The Balaban J connectivity index is 1.91. The van der Waals surface area contributed by atoms with Gasteiger partial charge in [0, 0.05) is 0 Å². The fraction of sp³-hybridized carbons (Fsp3) is 0.867. The van der Waals surface area contributed by atoms with Crippen molar-refractivity contribution in [3.8, 4) is 0 Å². The number of hydrogen-bond donors (Lipinski definition) is 0. The summed E-state index contributed by atoms with van der Waals surface area (Å²) in [5.41, 5.74) is 4.13. The van der Waals surface area contributed by atoms with Gasteiger partial charge in [0.05, 0.1) is 11.7 Å². The molecule has 0 aromatic heterocycles. The summed E-state index contributed by atoms with van der Waals surface area (Å²) < 4.78 is 5.90. The van der Waals surface area contributed by atoms with Crippen LogP contribution in [0.2, 0.25) is 0 Å². The van der Waals surface area contributed by atoms with Gasteiger partial charge in [-0.1, -0.05) is 18.1 Å². The molecular weight excluding hydrogens is 196 g/mol. The highest BCUT2D eigenvalue weighted by atomic mass is 16.6. The summed E-state index contributed by atoms with van der Waals surface area (Å²) in [6, 6.07) is 0. The number of allylic oxidation sites excluding steroid dienone is 2. The van der Waals surface area contributed by atoms with Crippen LogP contribution in [0, 0.1) is 11.3 Å². The SMILES string of the molecule is CC(C)=C1CCC2(C)C[C@@H]3O[C@]3(C)CC[C@@H]12. The largest absolute Gasteiger partial charge is 0.366 e. The summed E-state index contributed by atoms with van der Waals surface area (Å²) in [5.74, 6) is 0.853. The Morgan fingerprint density at radius 2 is 2.00 bits per heavy atom. The Morgan fingerprint density at radius 3 is 2.69 bits per heavy atom. The van der Waals surface area contributed by atoms with E-state index >= 15 is 0 Å². The topological polar surface area (TPSA) is 12.5 Å². The van der Waals surface area contributed by atoms with Crippen LogP contribution in [0.15, 0.2) is 11.1 Å². The molecule has 16 heavy (non-hydrogen) atoms. The zero-order chi connectivity index (χ0) is 11.6. The van der Waals surface area contributed by atoms with Crippen molar-refractivity contribution in [2.45, 2.75) is 71.5 Å². The Bertz CT molecular complexity index is 352. The molecule has 0 aromatic rings. The molecular formula is C15H24O. The molecule has 1 heterocycles. The molecule has 3 rings (SSSR count). The van der Waals surface area contributed by atoms with Crippen LogP contribution in [-0.4, -0.2) is 11.7 Å². The van der Waals surface area contributed by atoms with Crippen molar-refractivity contribution in [3.05, 3.63) is 11.1 Å². The van der Waals surface area contributed by atoms with E-state index in [1.54, 1.807) is 11.1 Å². The van der Waals surface area contributed by atoms with Gasteiger partial charge < -0.3 is 4.74 Å². The van der Waals surface area contributed by atoms with E-state index in [0.717, 1.165) is 5.92 Å². The molecule has 1 saturated heterocycles. The summed E-state index contributed by atoms with van der Waals surface area (Å²) in [6.45, 7) is 9.40. The second kappa shape index (κ2) is 3.13. The maximum Gasteiger partial charge on any atom is 0.0920 e. The van der Waals surface area contributed by atoms with E-state index in [-0.39, 0.29) is 5.60 Å². The van der Waals surface area contributed by atoms with Gasteiger partial charge in [-0.2, -0.15) is 0 Å². The first-order chi connectivity index (χ1) is 7.45. The number of epoxide rings is 1. The van der Waals surface area contributed by atoms with Gasteiger partial charge in [0.1, 0.15) is 0 Å². The molecule has 2 saturated carbocycles. The maximum absolute atomic E-state index is 5.90. The van der Waals surface area contributed by atoms with Gasteiger partial charge in [0.2, 0.25) is 0 Å². The summed E-state index contributed by atoms with van der Waals surface area (Å²) in [7, 11) is 0. The second-order valence-corrected chi connectivity index (χ2v) is 6.89. The Labute approximate surface area is 99.3 Å². The van der Waals surface area contributed by atoms with E-state index in [2.05, 4.69) is 27.7 Å². The minimum atomic E-state index is 0.250. The number of fused-ring (bicyclic) bond motifs is 2. The van der Waals surface area contributed by atoms with Gasteiger partial charge in [-0.3, -0.25) is 0 Å². The molecule has 0 spiro atoms. The molecule has 4 atom stereocenters. The lowest BCUT2D eigenvalue weighted by molar-refractivity contribution is 0.169. The monoisotopic (exact) mass is 220 g/mol. The fourth-order valence-electron chi connectivity index (χ4n) is 4.18. The first kappa shape index (κ1) is 10.8. The lowest BCUT2D eigenvalue weighted by Gasteiger charge is -2.31. The summed E-state index contributed by atoms with van der Waals surface area (Å²) in [6.07, 6.45) is 7.21. The van der Waals surface area contributed by atoms with Gasteiger partial charge in [0.15, 0.2) is 0 Å². The van der Waals surface area contributed by atoms with Gasteiger partial charge >= 0.3 is 0 Å². The number of rotatable bonds is 0. The van der Waals surface area contributed by atoms with Gasteiger partial charge in [-0.05, 0) is 64.2 Å². The minimum absolute atomic E-state index is 0.250. The van der Waals surface area contributed by atoms with Crippen LogP contribution in [0.3, 0.4) is 0 Å². The third kappa shape index (κ3) is 1.40. The van der Waals surface area contributed by atoms with Crippen LogP contribution in [-0.2, 0) is 4.74 Å². The Hall–Kier alpha value is -0.300. The van der Waals surface area contributed by atoms with E-state index in [1.165, 1.54) is 32.1 Å². The predicted molar refractivity (Wildman–Crippen MR) is 66.3 cm³/mol. The van der Waals surface area contributed by atoms with Crippen molar-refractivity contribution in [1.82, 2.24) is 0 Å². The Morgan fingerprint density at radius 1 is 1.25 bits per heavy atom. The maximum atomic E-state index is 5.90. The smallest absolute Gasteiger partial charge is 0.0920 e. The predicted octanol–water partition coefficient (Wildman–Crippen LogP) is 4.08. The molecule has 0 amide bonds. The average molecular weight is 220 g/mol. The second-order valence-electron chi connectivity index (χ2n) is 6.89. The fourth-order valence-corrected chi connectivity index (χ4v) is 4.18. The molecule has 0 radical (unpaired) electrons. The molecule has 1 aliphatic heterocycles. The molecule has 2 aliphatic carbocycles. The highest BCUT2D eigenvalue weighted by molar-refractivity contribution is 5.24. The minimum Gasteiger partial charge on any atom is -0.366 e. The van der Waals surface area contributed by atoms with E-state index in [0.29, 0.717) is 11.5 Å². The summed E-state index contributed by atoms with van der Waals surface area (Å²) in [5, 5.41) is 0. The molecule has 1 heteroatoms. The quantitative estimate of drug-likeness (QED) is 0.442. The molecule has 0 aromatic carbocycles.